The van der Waals surface area contributed by atoms with Gasteiger partial charge < -0.3 is 29.6 Å². The molecule has 0 unspecified atom stereocenters. The van der Waals surface area contributed by atoms with Gasteiger partial charge in [0.25, 0.3) is 0 Å². The van der Waals surface area contributed by atoms with Crippen molar-refractivity contribution < 1.29 is 47.7 Å². The fourth-order valence-electron chi connectivity index (χ4n) is 2.32. The second-order valence-electron chi connectivity index (χ2n) is 5.95. The number of amides is 2. The van der Waals surface area contributed by atoms with E-state index in [9.17, 15) is 28.8 Å². The maximum absolute atomic E-state index is 11.9. The summed E-state index contributed by atoms with van der Waals surface area (Å²) in [5, 5.41) is 4.92. The molecule has 30 heavy (non-hydrogen) atoms. The van der Waals surface area contributed by atoms with Crippen molar-refractivity contribution in [3.63, 3.8) is 0 Å². The van der Waals surface area contributed by atoms with Crippen molar-refractivity contribution in [2.45, 2.75) is 25.7 Å². The number of nitrogens with one attached hydrogen (secondary N) is 2. The van der Waals surface area contributed by atoms with Gasteiger partial charge in [-0.1, -0.05) is 12.8 Å². The summed E-state index contributed by atoms with van der Waals surface area (Å²) < 4.78 is 17.7. The third-order valence-electron chi connectivity index (χ3n) is 3.97. The molecule has 0 saturated heterocycles. The number of hydrogen-bond acceptors (Lipinski definition) is 10. The Bertz CT molecular complexity index is 548. The molecule has 0 saturated carbocycles. The molecular formula is C18H28N2O10. The molecule has 0 radical (unpaired) electrons. The lowest BCUT2D eigenvalue weighted by Gasteiger charge is -2.13. The second kappa shape index (κ2) is 14.8. The highest BCUT2D eigenvalue weighted by atomic mass is 16.6. The van der Waals surface area contributed by atoms with E-state index < -0.39 is 47.5 Å². The van der Waals surface area contributed by atoms with E-state index in [2.05, 4.69) is 29.6 Å². The van der Waals surface area contributed by atoms with Gasteiger partial charge in [0, 0.05) is 13.1 Å². The van der Waals surface area contributed by atoms with Gasteiger partial charge in [-0.2, -0.15) is 0 Å². The highest BCUT2D eigenvalue weighted by molar-refractivity contribution is 6.14. The van der Waals surface area contributed by atoms with E-state index in [1.165, 1.54) is 0 Å². The molecular weight excluding hydrogens is 404 g/mol. The van der Waals surface area contributed by atoms with E-state index in [0.29, 0.717) is 25.7 Å². The lowest BCUT2D eigenvalue weighted by atomic mass is 10.1. The van der Waals surface area contributed by atoms with Crippen LogP contribution in [0.2, 0.25) is 0 Å². The average molecular weight is 432 g/mol. The zero-order valence-electron chi connectivity index (χ0n) is 17.5. The van der Waals surface area contributed by atoms with Crippen LogP contribution in [0.4, 0.5) is 0 Å². The zero-order chi connectivity index (χ0) is 23.1. The highest BCUT2D eigenvalue weighted by Crippen LogP contribution is 2.05. The predicted molar refractivity (Wildman–Crippen MR) is 99.5 cm³/mol. The van der Waals surface area contributed by atoms with Crippen LogP contribution in [-0.4, -0.2) is 77.2 Å². The summed E-state index contributed by atoms with van der Waals surface area (Å²) in [7, 11) is 4.23. The largest absolute Gasteiger partial charge is 0.468 e. The topological polar surface area (TPSA) is 163 Å². The molecule has 0 heterocycles. The highest BCUT2D eigenvalue weighted by Gasteiger charge is 2.36. The third-order valence-corrected chi connectivity index (χ3v) is 3.97. The van der Waals surface area contributed by atoms with Gasteiger partial charge >= 0.3 is 23.9 Å². The number of esters is 4. The van der Waals surface area contributed by atoms with Gasteiger partial charge in [-0.25, -0.2) is 0 Å². The number of methoxy groups -OCH3 is 4. The van der Waals surface area contributed by atoms with Crippen molar-refractivity contribution >= 4 is 35.7 Å². The molecule has 0 aliphatic rings. The van der Waals surface area contributed by atoms with Gasteiger partial charge in [-0.3, -0.25) is 28.8 Å². The summed E-state index contributed by atoms with van der Waals surface area (Å²) in [4.78, 5) is 69.9. The van der Waals surface area contributed by atoms with Crippen LogP contribution in [0.3, 0.4) is 0 Å². The first-order valence-corrected chi connectivity index (χ1v) is 9.11. The minimum absolute atomic E-state index is 0.225. The van der Waals surface area contributed by atoms with Gasteiger partial charge in [0.1, 0.15) is 0 Å². The second-order valence-corrected chi connectivity index (χ2v) is 5.95. The molecule has 0 aromatic rings. The molecule has 0 aliphatic carbocycles. The van der Waals surface area contributed by atoms with Crippen LogP contribution in [0.1, 0.15) is 25.7 Å². The predicted octanol–water partition coefficient (Wildman–Crippen LogP) is -1.30. The molecule has 0 bridgehead atoms. The van der Waals surface area contributed by atoms with Crippen LogP contribution >= 0.6 is 0 Å². The Labute approximate surface area is 173 Å². The molecule has 0 rings (SSSR count). The van der Waals surface area contributed by atoms with Crippen LogP contribution in [-0.2, 0) is 47.7 Å². The van der Waals surface area contributed by atoms with E-state index >= 15 is 0 Å². The molecule has 2 N–H and O–H groups in total. The maximum Gasteiger partial charge on any atom is 0.329 e. The van der Waals surface area contributed by atoms with Crippen LogP contribution in [0.15, 0.2) is 0 Å². The molecule has 12 heteroatoms. The molecule has 0 fully saturated rings. The molecule has 0 aliphatic heterocycles. The first-order valence-electron chi connectivity index (χ1n) is 9.11. The number of rotatable bonds is 13. The first-order chi connectivity index (χ1) is 14.2. The van der Waals surface area contributed by atoms with Crippen LogP contribution < -0.4 is 10.6 Å². The van der Waals surface area contributed by atoms with Crippen LogP contribution in [0.25, 0.3) is 0 Å². The van der Waals surface area contributed by atoms with Crippen molar-refractivity contribution in [2.75, 3.05) is 41.5 Å². The quantitative estimate of drug-likeness (QED) is 0.155. The van der Waals surface area contributed by atoms with E-state index in [-0.39, 0.29) is 13.1 Å². The Balaban J connectivity index is 4.17. The van der Waals surface area contributed by atoms with E-state index in [1.54, 1.807) is 0 Å². The van der Waals surface area contributed by atoms with Crippen molar-refractivity contribution in [1.29, 1.82) is 0 Å². The summed E-state index contributed by atoms with van der Waals surface area (Å²) in [6.45, 7) is 0.449. The van der Waals surface area contributed by atoms with Crippen molar-refractivity contribution in [2.24, 2.45) is 11.8 Å². The minimum Gasteiger partial charge on any atom is -0.468 e. The van der Waals surface area contributed by atoms with Gasteiger partial charge in [0.2, 0.25) is 23.7 Å². The fourth-order valence-corrected chi connectivity index (χ4v) is 2.32. The Hall–Kier alpha value is -3.18. The first kappa shape index (κ1) is 26.8. The molecule has 0 aromatic heterocycles. The molecule has 12 nitrogen and oxygen atoms in total. The van der Waals surface area contributed by atoms with Crippen molar-refractivity contribution in [3.8, 4) is 0 Å². The summed E-state index contributed by atoms with van der Waals surface area (Å²) in [5.74, 6) is -8.99. The third kappa shape index (κ3) is 8.88. The van der Waals surface area contributed by atoms with Gasteiger partial charge in [-0.05, 0) is 12.8 Å². The Morgan fingerprint density at radius 3 is 1.03 bits per heavy atom. The normalized spacial score (nSPS) is 10.2. The molecule has 0 spiro atoms. The van der Waals surface area contributed by atoms with Crippen molar-refractivity contribution in [3.05, 3.63) is 0 Å². The van der Waals surface area contributed by atoms with Crippen LogP contribution in [0.5, 0.6) is 0 Å². The summed E-state index contributed by atoms with van der Waals surface area (Å²) in [6, 6.07) is 0. The number of unbranched alkanes of at least 4 members (excludes halogenated alkanes) is 3. The molecule has 0 aromatic carbocycles. The fraction of sp³-hybridized carbons (Fsp3) is 0.667. The summed E-state index contributed by atoms with van der Waals surface area (Å²) in [5.41, 5.74) is 0. The minimum atomic E-state index is -1.67. The Kier molecular flexibility index (Phi) is 13.2. The van der Waals surface area contributed by atoms with Gasteiger partial charge in [0.05, 0.1) is 28.4 Å². The summed E-state index contributed by atoms with van der Waals surface area (Å²) >= 11 is 0. The number of ether oxygens (including phenoxy) is 4. The molecule has 170 valence electrons. The SMILES string of the molecule is COC(=O)C(C(=O)NCCCCCCNC(=O)C(C(=O)OC)C(=O)OC)C(=O)OC. The van der Waals surface area contributed by atoms with Crippen molar-refractivity contribution in [1.82, 2.24) is 10.6 Å². The average Bonchev–Trinajstić information content (AvgIpc) is 2.74. The lowest BCUT2D eigenvalue weighted by Crippen LogP contribution is -2.42. The van der Waals surface area contributed by atoms with Gasteiger partial charge in [-0.15, -0.1) is 0 Å². The van der Waals surface area contributed by atoms with Crippen LogP contribution in [0, 0.1) is 11.8 Å². The van der Waals surface area contributed by atoms with E-state index in [1.807, 2.05) is 0 Å². The number of hydrogen-bond donors (Lipinski definition) is 2. The molecule has 2 amide bonds. The number of carbonyl (C=O) groups excluding carboxylic acids is 6. The van der Waals surface area contributed by atoms with E-state index in [0.717, 1.165) is 28.4 Å². The maximum atomic E-state index is 11.9. The van der Waals surface area contributed by atoms with Gasteiger partial charge in [0.15, 0.2) is 0 Å². The monoisotopic (exact) mass is 432 g/mol. The summed E-state index contributed by atoms with van der Waals surface area (Å²) in [6.07, 6.45) is 2.47. The molecule has 0 atom stereocenters. The lowest BCUT2D eigenvalue weighted by molar-refractivity contribution is -0.164. The Morgan fingerprint density at radius 2 is 0.800 bits per heavy atom. The Morgan fingerprint density at radius 1 is 0.533 bits per heavy atom. The zero-order valence-corrected chi connectivity index (χ0v) is 17.5. The smallest absolute Gasteiger partial charge is 0.329 e. The van der Waals surface area contributed by atoms with E-state index in [4.69, 9.17) is 0 Å². The standard InChI is InChI=1S/C18H28N2O10/c1-27-15(23)11(16(24)28-2)13(21)19-9-7-5-6-8-10-20-14(22)12(17(25)29-3)18(26)30-4/h11-12H,5-10H2,1-4H3,(H,19,21)(H,20,22). The number of carbonyl (C=O) groups is 6.